The van der Waals surface area contributed by atoms with E-state index in [4.69, 9.17) is 0 Å². The van der Waals surface area contributed by atoms with Crippen LogP contribution in [0.25, 0.3) is 0 Å². The van der Waals surface area contributed by atoms with E-state index in [9.17, 15) is 9.59 Å². The number of carbonyl (C=O) groups is 2. The van der Waals surface area contributed by atoms with Crippen molar-refractivity contribution < 1.29 is 9.59 Å². The van der Waals surface area contributed by atoms with E-state index in [1.54, 1.807) is 0 Å². The number of rotatable bonds is 8. The fourth-order valence-corrected chi connectivity index (χ4v) is 1.46. The summed E-state index contributed by atoms with van der Waals surface area (Å²) in [5.41, 5.74) is 0. The predicted molar refractivity (Wildman–Crippen MR) is 58.2 cm³/mol. The Balaban J connectivity index is 3.69. The first-order valence-electron chi connectivity index (χ1n) is 5.67. The lowest BCUT2D eigenvalue weighted by Gasteiger charge is -2.10. The SMILES string of the molecule is CCC(=O)CCC(=O)CC(CC)CC. The first-order chi connectivity index (χ1) is 6.63. The van der Waals surface area contributed by atoms with E-state index >= 15 is 0 Å². The lowest BCUT2D eigenvalue weighted by atomic mass is 9.95. The van der Waals surface area contributed by atoms with Gasteiger partial charge < -0.3 is 0 Å². The fourth-order valence-electron chi connectivity index (χ4n) is 1.46. The molecule has 0 rings (SSSR count). The second-order valence-electron chi connectivity index (χ2n) is 3.82. The van der Waals surface area contributed by atoms with Gasteiger partial charge in [-0.05, 0) is 5.92 Å². The van der Waals surface area contributed by atoms with Crippen molar-refractivity contribution >= 4 is 11.6 Å². The lowest BCUT2D eigenvalue weighted by molar-refractivity contribution is -0.124. The van der Waals surface area contributed by atoms with Gasteiger partial charge in [-0.25, -0.2) is 0 Å². The van der Waals surface area contributed by atoms with Gasteiger partial charge in [-0.1, -0.05) is 33.6 Å². The van der Waals surface area contributed by atoms with E-state index in [1.165, 1.54) is 0 Å². The van der Waals surface area contributed by atoms with Crippen LogP contribution in [0.2, 0.25) is 0 Å². The smallest absolute Gasteiger partial charge is 0.133 e. The molecule has 14 heavy (non-hydrogen) atoms. The van der Waals surface area contributed by atoms with Crippen LogP contribution >= 0.6 is 0 Å². The van der Waals surface area contributed by atoms with Crippen molar-refractivity contribution in [3.8, 4) is 0 Å². The van der Waals surface area contributed by atoms with Crippen LogP contribution in [-0.4, -0.2) is 11.6 Å². The maximum absolute atomic E-state index is 11.4. The number of hydrogen-bond donors (Lipinski definition) is 0. The predicted octanol–water partition coefficient (Wildman–Crippen LogP) is 3.14. The van der Waals surface area contributed by atoms with Gasteiger partial charge in [0.2, 0.25) is 0 Å². The molecule has 0 saturated heterocycles. The van der Waals surface area contributed by atoms with Crippen molar-refractivity contribution in [2.24, 2.45) is 5.92 Å². The quantitative estimate of drug-likeness (QED) is 0.600. The highest BCUT2D eigenvalue weighted by Crippen LogP contribution is 2.14. The van der Waals surface area contributed by atoms with Crippen molar-refractivity contribution in [3.05, 3.63) is 0 Å². The maximum Gasteiger partial charge on any atom is 0.133 e. The highest BCUT2D eigenvalue weighted by Gasteiger charge is 2.11. The third-order valence-electron chi connectivity index (χ3n) is 2.75. The fraction of sp³-hybridized carbons (Fsp3) is 0.833. The Labute approximate surface area is 87.1 Å². The highest BCUT2D eigenvalue weighted by molar-refractivity contribution is 5.85. The molecule has 0 aliphatic carbocycles. The van der Waals surface area contributed by atoms with Gasteiger partial charge in [0.25, 0.3) is 0 Å². The maximum atomic E-state index is 11.4. The van der Waals surface area contributed by atoms with Crippen LogP contribution in [0.5, 0.6) is 0 Å². The summed E-state index contributed by atoms with van der Waals surface area (Å²) >= 11 is 0. The Morgan fingerprint density at radius 1 is 0.929 bits per heavy atom. The van der Waals surface area contributed by atoms with Crippen LogP contribution in [0, 0.1) is 5.92 Å². The standard InChI is InChI=1S/C12H22O2/c1-4-10(5-2)9-12(14)8-7-11(13)6-3/h10H,4-9H2,1-3H3. The van der Waals surface area contributed by atoms with Gasteiger partial charge in [-0.2, -0.15) is 0 Å². The molecule has 0 aliphatic heterocycles. The molecule has 0 spiro atoms. The van der Waals surface area contributed by atoms with Crippen molar-refractivity contribution in [1.29, 1.82) is 0 Å². The summed E-state index contributed by atoms with van der Waals surface area (Å²) in [4.78, 5) is 22.4. The molecule has 0 aromatic carbocycles. The summed E-state index contributed by atoms with van der Waals surface area (Å²) in [7, 11) is 0. The zero-order valence-corrected chi connectivity index (χ0v) is 9.64. The molecule has 0 amide bonds. The molecule has 2 heteroatoms. The Morgan fingerprint density at radius 2 is 1.43 bits per heavy atom. The third-order valence-corrected chi connectivity index (χ3v) is 2.75. The number of ketones is 2. The monoisotopic (exact) mass is 198 g/mol. The Morgan fingerprint density at radius 3 is 1.86 bits per heavy atom. The van der Waals surface area contributed by atoms with Crippen LogP contribution in [0.1, 0.15) is 59.3 Å². The Hall–Kier alpha value is -0.660. The van der Waals surface area contributed by atoms with E-state index in [1.807, 2.05) is 6.92 Å². The molecule has 0 heterocycles. The second kappa shape index (κ2) is 7.72. The molecule has 0 atom stereocenters. The van der Waals surface area contributed by atoms with E-state index < -0.39 is 0 Å². The molecule has 0 aromatic heterocycles. The highest BCUT2D eigenvalue weighted by atomic mass is 16.1. The number of Topliss-reactive ketones (excluding diaryl/α,β-unsaturated/α-hetero) is 2. The number of hydrogen-bond acceptors (Lipinski definition) is 2. The average Bonchev–Trinajstić information content (AvgIpc) is 2.22. The van der Waals surface area contributed by atoms with Crippen LogP contribution < -0.4 is 0 Å². The molecule has 0 bridgehead atoms. The summed E-state index contributed by atoms with van der Waals surface area (Å²) < 4.78 is 0. The summed E-state index contributed by atoms with van der Waals surface area (Å²) in [5.74, 6) is 0.961. The molecule has 0 aromatic rings. The molecule has 0 unspecified atom stereocenters. The van der Waals surface area contributed by atoms with Gasteiger partial charge in [0.05, 0.1) is 0 Å². The average molecular weight is 198 g/mol. The van der Waals surface area contributed by atoms with Crippen LogP contribution in [-0.2, 0) is 9.59 Å². The minimum absolute atomic E-state index is 0.197. The summed E-state index contributed by atoms with van der Waals surface area (Å²) in [6, 6.07) is 0. The summed E-state index contributed by atoms with van der Waals surface area (Å²) in [5, 5.41) is 0. The van der Waals surface area contributed by atoms with Gasteiger partial charge >= 0.3 is 0 Å². The van der Waals surface area contributed by atoms with Crippen LogP contribution in [0.3, 0.4) is 0 Å². The Kier molecular flexibility index (Phi) is 7.35. The Bertz CT molecular complexity index is 181. The second-order valence-corrected chi connectivity index (χ2v) is 3.82. The molecule has 0 fully saturated rings. The van der Waals surface area contributed by atoms with Crippen molar-refractivity contribution in [3.63, 3.8) is 0 Å². The molecule has 0 N–H and O–H groups in total. The van der Waals surface area contributed by atoms with Crippen LogP contribution in [0.15, 0.2) is 0 Å². The van der Waals surface area contributed by atoms with E-state index in [2.05, 4.69) is 13.8 Å². The van der Waals surface area contributed by atoms with Gasteiger partial charge in [-0.15, -0.1) is 0 Å². The first kappa shape index (κ1) is 13.3. The van der Waals surface area contributed by atoms with Crippen molar-refractivity contribution in [1.82, 2.24) is 0 Å². The molecule has 0 aliphatic rings. The molecule has 0 radical (unpaired) electrons. The van der Waals surface area contributed by atoms with Crippen LogP contribution in [0.4, 0.5) is 0 Å². The zero-order valence-electron chi connectivity index (χ0n) is 9.64. The van der Waals surface area contributed by atoms with Crippen molar-refractivity contribution in [2.45, 2.75) is 59.3 Å². The molecule has 2 nitrogen and oxygen atoms in total. The minimum atomic E-state index is 0.197. The molecular formula is C12H22O2. The van der Waals surface area contributed by atoms with Crippen molar-refractivity contribution in [2.75, 3.05) is 0 Å². The summed E-state index contributed by atoms with van der Waals surface area (Å²) in [6.45, 7) is 6.06. The zero-order chi connectivity index (χ0) is 11.0. The topological polar surface area (TPSA) is 34.1 Å². The normalized spacial score (nSPS) is 10.6. The lowest BCUT2D eigenvalue weighted by Crippen LogP contribution is -2.08. The third kappa shape index (κ3) is 5.90. The van der Waals surface area contributed by atoms with Gasteiger partial charge in [0.15, 0.2) is 0 Å². The van der Waals surface area contributed by atoms with Gasteiger partial charge in [0, 0.05) is 25.7 Å². The van der Waals surface area contributed by atoms with E-state index in [-0.39, 0.29) is 11.6 Å². The molecule has 82 valence electrons. The van der Waals surface area contributed by atoms with E-state index in [0.29, 0.717) is 31.6 Å². The first-order valence-corrected chi connectivity index (χ1v) is 5.67. The summed E-state index contributed by atoms with van der Waals surface area (Å²) in [6.07, 6.45) is 4.22. The molecule has 0 saturated carbocycles. The minimum Gasteiger partial charge on any atom is -0.300 e. The van der Waals surface area contributed by atoms with Gasteiger partial charge in [-0.3, -0.25) is 9.59 Å². The largest absolute Gasteiger partial charge is 0.300 e. The van der Waals surface area contributed by atoms with Gasteiger partial charge in [0.1, 0.15) is 11.6 Å². The molecular weight excluding hydrogens is 176 g/mol. The van der Waals surface area contributed by atoms with E-state index in [0.717, 1.165) is 12.8 Å². The number of carbonyl (C=O) groups excluding carboxylic acids is 2.